The lowest BCUT2D eigenvalue weighted by Crippen LogP contribution is -2.17. The Morgan fingerprint density at radius 1 is 0.647 bits per heavy atom. The van der Waals surface area contributed by atoms with Crippen molar-refractivity contribution in [2.45, 2.75) is 12.4 Å². The number of benzene rings is 3. The van der Waals surface area contributed by atoms with Crippen molar-refractivity contribution in [3.05, 3.63) is 101 Å². The molecule has 3 rings (SSSR count). The third-order valence-electron chi connectivity index (χ3n) is 4.41. The van der Waals surface area contributed by atoms with Crippen molar-refractivity contribution in [3.63, 3.8) is 0 Å². The number of nitrogens with one attached hydrogen (secondary N) is 2. The van der Waals surface area contributed by atoms with Crippen LogP contribution >= 0.6 is 0 Å². The zero-order chi connectivity index (χ0) is 24.8. The molecule has 0 aromatic heterocycles. The first kappa shape index (κ1) is 24.5. The summed E-state index contributed by atoms with van der Waals surface area (Å²) in [5.41, 5.74) is 5.04. The molecule has 0 atom stereocenters. The fourth-order valence-electron chi connectivity index (χ4n) is 2.62. The third-order valence-corrected chi connectivity index (χ3v) is 4.41. The van der Waals surface area contributed by atoms with Crippen molar-refractivity contribution in [3.8, 4) is 0 Å². The molecule has 0 radical (unpaired) electrons. The zero-order valence-corrected chi connectivity index (χ0v) is 17.2. The van der Waals surface area contributed by atoms with E-state index in [-0.39, 0.29) is 5.56 Å². The number of anilines is 1. The van der Waals surface area contributed by atoms with Crippen LogP contribution in [-0.4, -0.2) is 18.3 Å². The molecule has 0 aliphatic carbocycles. The average Bonchev–Trinajstić information content (AvgIpc) is 2.79. The molecule has 5 nitrogen and oxygen atoms in total. The van der Waals surface area contributed by atoms with Crippen LogP contribution in [0.15, 0.2) is 83.0 Å². The van der Waals surface area contributed by atoms with Crippen LogP contribution in [0.5, 0.6) is 0 Å². The van der Waals surface area contributed by atoms with E-state index >= 15 is 0 Å². The minimum absolute atomic E-state index is 0.266. The summed E-state index contributed by atoms with van der Waals surface area (Å²) in [6.45, 7) is 0. The molecule has 0 unspecified atom stereocenters. The first-order valence-corrected chi connectivity index (χ1v) is 9.59. The van der Waals surface area contributed by atoms with Gasteiger partial charge in [-0.15, -0.1) is 0 Å². The molecule has 11 heteroatoms. The van der Waals surface area contributed by atoms with Gasteiger partial charge in [-0.05, 0) is 59.7 Å². The van der Waals surface area contributed by atoms with Crippen LogP contribution in [0, 0.1) is 0 Å². The molecule has 0 heterocycles. The number of amides is 1. The fourth-order valence-corrected chi connectivity index (χ4v) is 2.62. The molecule has 0 spiro atoms. The smallest absolute Gasteiger partial charge is 0.279 e. The molecule has 0 aliphatic heterocycles. The highest BCUT2D eigenvalue weighted by Gasteiger charge is 2.30. The van der Waals surface area contributed by atoms with Gasteiger partial charge in [0, 0.05) is 5.56 Å². The molecule has 0 aliphatic rings. The number of alkyl halides is 6. The SMILES string of the molecule is O=C(NN=Cc1ccc(C(F)(F)F)cc1)c1ccc(NN=Cc2ccc(C(F)(F)F)cc2)cc1. The maximum Gasteiger partial charge on any atom is 0.416 e. The highest BCUT2D eigenvalue weighted by atomic mass is 19.4. The zero-order valence-electron chi connectivity index (χ0n) is 17.2. The average molecular weight is 478 g/mol. The van der Waals surface area contributed by atoms with Crippen LogP contribution < -0.4 is 10.9 Å². The van der Waals surface area contributed by atoms with Crippen LogP contribution in [0.4, 0.5) is 32.0 Å². The molecule has 1 amide bonds. The monoisotopic (exact) mass is 478 g/mol. The van der Waals surface area contributed by atoms with E-state index in [1.54, 1.807) is 12.1 Å². The maximum atomic E-state index is 12.6. The van der Waals surface area contributed by atoms with Crippen molar-refractivity contribution in [2.24, 2.45) is 10.2 Å². The highest BCUT2D eigenvalue weighted by Crippen LogP contribution is 2.29. The molecule has 34 heavy (non-hydrogen) atoms. The van der Waals surface area contributed by atoms with Crippen LogP contribution in [0.3, 0.4) is 0 Å². The van der Waals surface area contributed by atoms with Gasteiger partial charge in [-0.3, -0.25) is 10.2 Å². The van der Waals surface area contributed by atoms with Crippen LogP contribution in [0.2, 0.25) is 0 Å². The fraction of sp³-hybridized carbons (Fsp3) is 0.0870. The lowest BCUT2D eigenvalue weighted by Gasteiger charge is -2.06. The molecule has 176 valence electrons. The van der Waals surface area contributed by atoms with E-state index < -0.39 is 29.4 Å². The Hall–Kier alpha value is -4.15. The molecular formula is C23H16F6N4O. The van der Waals surface area contributed by atoms with Crippen molar-refractivity contribution < 1.29 is 31.1 Å². The van der Waals surface area contributed by atoms with Gasteiger partial charge in [-0.1, -0.05) is 24.3 Å². The van der Waals surface area contributed by atoms with Gasteiger partial charge in [0.2, 0.25) is 0 Å². The number of nitrogens with zero attached hydrogens (tertiary/aromatic N) is 2. The van der Waals surface area contributed by atoms with Crippen molar-refractivity contribution in [1.82, 2.24) is 5.43 Å². The predicted octanol–water partition coefficient (Wildman–Crippen LogP) is 5.93. The largest absolute Gasteiger partial charge is 0.416 e. The molecule has 0 saturated heterocycles. The van der Waals surface area contributed by atoms with Gasteiger partial charge >= 0.3 is 12.4 Å². The Kier molecular flexibility index (Phi) is 7.34. The second kappa shape index (κ2) is 10.2. The van der Waals surface area contributed by atoms with Gasteiger partial charge in [-0.2, -0.15) is 36.5 Å². The van der Waals surface area contributed by atoms with E-state index in [9.17, 15) is 31.1 Å². The first-order valence-electron chi connectivity index (χ1n) is 9.59. The third kappa shape index (κ3) is 6.92. The number of carbonyl (C=O) groups is 1. The lowest BCUT2D eigenvalue weighted by atomic mass is 10.1. The first-order chi connectivity index (χ1) is 16.0. The van der Waals surface area contributed by atoms with Gasteiger partial charge in [0.25, 0.3) is 5.91 Å². The normalized spacial score (nSPS) is 12.3. The van der Waals surface area contributed by atoms with E-state index in [2.05, 4.69) is 21.1 Å². The van der Waals surface area contributed by atoms with E-state index in [0.29, 0.717) is 16.8 Å². The Bertz CT molecular complexity index is 1170. The summed E-state index contributed by atoms with van der Waals surface area (Å²) >= 11 is 0. The number of carbonyl (C=O) groups excluding carboxylic acids is 1. The lowest BCUT2D eigenvalue weighted by molar-refractivity contribution is -0.138. The van der Waals surface area contributed by atoms with E-state index in [1.165, 1.54) is 48.8 Å². The summed E-state index contributed by atoms with van der Waals surface area (Å²) in [5, 5.41) is 7.65. The number of rotatable bonds is 6. The number of hydrazone groups is 2. The van der Waals surface area contributed by atoms with Gasteiger partial charge < -0.3 is 0 Å². The standard InChI is InChI=1S/C23H16F6N4O/c24-22(25,26)18-7-1-15(2-8-18)13-30-32-20-11-5-17(6-12-20)21(34)33-31-14-16-3-9-19(10-4-16)23(27,28)29/h1-14,32H,(H,33,34). The van der Waals surface area contributed by atoms with Crippen molar-refractivity contribution in [2.75, 3.05) is 5.43 Å². The molecule has 2 N–H and O–H groups in total. The Morgan fingerprint density at radius 2 is 1.09 bits per heavy atom. The van der Waals surface area contributed by atoms with Crippen LogP contribution in [0.1, 0.15) is 32.6 Å². The molecule has 0 saturated carbocycles. The molecule has 3 aromatic carbocycles. The maximum absolute atomic E-state index is 12.6. The molecule has 0 bridgehead atoms. The molecule has 3 aromatic rings. The molecular weight excluding hydrogens is 462 g/mol. The summed E-state index contributed by atoms with van der Waals surface area (Å²) in [5.74, 6) is -0.539. The Morgan fingerprint density at radius 3 is 1.53 bits per heavy atom. The second-order valence-corrected chi connectivity index (χ2v) is 6.89. The van der Waals surface area contributed by atoms with E-state index in [1.807, 2.05) is 0 Å². The minimum atomic E-state index is -4.43. The molecule has 0 fully saturated rings. The summed E-state index contributed by atoms with van der Waals surface area (Å²) < 4.78 is 75.3. The Balaban J connectivity index is 1.51. The van der Waals surface area contributed by atoms with Gasteiger partial charge in [0.05, 0.1) is 29.2 Å². The van der Waals surface area contributed by atoms with Gasteiger partial charge in [0.15, 0.2) is 0 Å². The van der Waals surface area contributed by atoms with Crippen LogP contribution in [-0.2, 0) is 12.4 Å². The van der Waals surface area contributed by atoms with Gasteiger partial charge in [0.1, 0.15) is 0 Å². The number of hydrogen-bond donors (Lipinski definition) is 2. The summed E-state index contributed by atoms with van der Waals surface area (Å²) in [4.78, 5) is 12.1. The topological polar surface area (TPSA) is 65.8 Å². The quantitative estimate of drug-likeness (QED) is 0.262. The van der Waals surface area contributed by atoms with Crippen LogP contribution in [0.25, 0.3) is 0 Å². The number of hydrogen-bond acceptors (Lipinski definition) is 4. The minimum Gasteiger partial charge on any atom is -0.279 e. The predicted molar refractivity (Wildman–Crippen MR) is 116 cm³/mol. The van der Waals surface area contributed by atoms with Crippen molar-refractivity contribution in [1.29, 1.82) is 0 Å². The highest BCUT2D eigenvalue weighted by molar-refractivity contribution is 5.95. The van der Waals surface area contributed by atoms with E-state index in [4.69, 9.17) is 0 Å². The summed E-state index contributed by atoms with van der Waals surface area (Å²) in [6, 6.07) is 14.8. The second-order valence-electron chi connectivity index (χ2n) is 6.89. The number of halogens is 6. The van der Waals surface area contributed by atoms with Gasteiger partial charge in [-0.25, -0.2) is 5.43 Å². The summed E-state index contributed by atoms with van der Waals surface area (Å²) in [7, 11) is 0. The van der Waals surface area contributed by atoms with Crippen molar-refractivity contribution >= 4 is 24.0 Å². The Labute approximate surface area is 189 Å². The van der Waals surface area contributed by atoms with E-state index in [0.717, 1.165) is 24.3 Å². The summed E-state index contributed by atoms with van der Waals surface area (Å²) in [6.07, 6.45) is -6.28.